The molecule has 5 heteroatoms. The molecule has 5 nitrogen and oxygen atoms in total. The lowest BCUT2D eigenvalue weighted by molar-refractivity contribution is 0.327. The second-order valence-electron chi connectivity index (χ2n) is 3.80. The largest absolute Gasteiger partial charge is 0.365 e. The van der Waals surface area contributed by atoms with Gasteiger partial charge in [-0.3, -0.25) is 0 Å². The third kappa shape index (κ3) is 2.45. The van der Waals surface area contributed by atoms with Crippen LogP contribution >= 0.6 is 0 Å². The zero-order valence-electron chi connectivity index (χ0n) is 8.20. The predicted molar refractivity (Wildman–Crippen MR) is 52.6 cm³/mol. The number of hydrogen-bond donors (Lipinski definition) is 2. The van der Waals surface area contributed by atoms with E-state index in [4.69, 9.17) is 10.3 Å². The van der Waals surface area contributed by atoms with Crippen molar-refractivity contribution in [3.8, 4) is 0 Å². The van der Waals surface area contributed by atoms with E-state index >= 15 is 0 Å². The number of nitrogens with zero attached hydrogens (tertiary/aromatic N) is 2. The van der Waals surface area contributed by atoms with Crippen LogP contribution in [0.2, 0.25) is 0 Å². The number of hydrogen-bond acceptors (Lipinski definition) is 5. The molecule has 0 spiro atoms. The second-order valence-corrected chi connectivity index (χ2v) is 3.80. The molecule has 1 unspecified atom stereocenters. The first-order valence-electron chi connectivity index (χ1n) is 5.13. The number of rotatable bonds is 3. The zero-order valence-corrected chi connectivity index (χ0v) is 8.20. The molecule has 2 heterocycles. The maximum Gasteiger partial charge on any atom is 0.260 e. The first kappa shape index (κ1) is 9.45. The molecule has 0 amide bonds. The minimum Gasteiger partial charge on any atom is -0.365 e. The number of piperidine rings is 1. The van der Waals surface area contributed by atoms with E-state index in [0.717, 1.165) is 31.8 Å². The normalized spacial score (nSPS) is 22.4. The van der Waals surface area contributed by atoms with E-state index in [9.17, 15) is 0 Å². The van der Waals surface area contributed by atoms with Crippen LogP contribution in [0.4, 0.5) is 5.95 Å². The quantitative estimate of drug-likeness (QED) is 0.739. The van der Waals surface area contributed by atoms with Crippen LogP contribution in [0.5, 0.6) is 0 Å². The summed E-state index contributed by atoms with van der Waals surface area (Å²) < 4.78 is 4.95. The molecule has 1 aromatic rings. The van der Waals surface area contributed by atoms with E-state index in [2.05, 4.69) is 15.5 Å². The summed E-state index contributed by atoms with van der Waals surface area (Å²) in [5, 5.41) is 6.94. The minimum absolute atomic E-state index is 0.238. The van der Waals surface area contributed by atoms with Crippen molar-refractivity contribution >= 4 is 5.95 Å². The summed E-state index contributed by atoms with van der Waals surface area (Å²) in [6.07, 6.45) is 4.53. The fourth-order valence-corrected chi connectivity index (χ4v) is 1.87. The van der Waals surface area contributed by atoms with Gasteiger partial charge in [-0.1, -0.05) is 0 Å². The molecular formula is C9H16N4O. The Bertz CT molecular complexity index is 280. The van der Waals surface area contributed by atoms with Crippen molar-refractivity contribution in [3.63, 3.8) is 0 Å². The average molecular weight is 196 g/mol. The van der Waals surface area contributed by atoms with E-state index in [0.29, 0.717) is 5.89 Å². The van der Waals surface area contributed by atoms with Gasteiger partial charge < -0.3 is 15.6 Å². The van der Waals surface area contributed by atoms with E-state index in [-0.39, 0.29) is 5.95 Å². The lowest BCUT2D eigenvalue weighted by atomic mass is 9.95. The third-order valence-electron chi connectivity index (χ3n) is 2.65. The third-order valence-corrected chi connectivity index (χ3v) is 2.65. The molecule has 1 atom stereocenters. The van der Waals surface area contributed by atoms with Crippen molar-refractivity contribution in [2.75, 3.05) is 18.8 Å². The molecule has 2 rings (SSSR count). The molecule has 0 saturated carbocycles. The van der Waals surface area contributed by atoms with E-state index < -0.39 is 0 Å². The molecule has 1 aliphatic rings. The Balaban J connectivity index is 1.76. The minimum atomic E-state index is 0.238. The van der Waals surface area contributed by atoms with Crippen LogP contribution in [0, 0.1) is 5.92 Å². The highest BCUT2D eigenvalue weighted by Crippen LogP contribution is 2.16. The molecule has 0 bridgehead atoms. The van der Waals surface area contributed by atoms with Crippen molar-refractivity contribution in [2.24, 2.45) is 5.92 Å². The highest BCUT2D eigenvalue weighted by atomic mass is 16.5. The molecule has 1 aromatic heterocycles. The van der Waals surface area contributed by atoms with E-state index in [1.165, 1.54) is 12.8 Å². The number of aromatic nitrogens is 2. The van der Waals surface area contributed by atoms with Crippen LogP contribution in [-0.2, 0) is 6.42 Å². The van der Waals surface area contributed by atoms with E-state index in [1.54, 1.807) is 0 Å². The van der Waals surface area contributed by atoms with Gasteiger partial charge >= 0.3 is 0 Å². The van der Waals surface area contributed by atoms with Gasteiger partial charge in [-0.2, -0.15) is 4.98 Å². The monoisotopic (exact) mass is 196 g/mol. The Morgan fingerprint density at radius 2 is 2.50 bits per heavy atom. The van der Waals surface area contributed by atoms with Crippen LogP contribution in [0.25, 0.3) is 0 Å². The Kier molecular flexibility index (Phi) is 2.98. The Hall–Kier alpha value is -1.10. The van der Waals surface area contributed by atoms with Crippen molar-refractivity contribution < 1.29 is 4.52 Å². The fourth-order valence-electron chi connectivity index (χ4n) is 1.87. The molecule has 0 aliphatic carbocycles. The SMILES string of the molecule is Nc1noc(CCC2CCCNC2)n1. The van der Waals surface area contributed by atoms with Gasteiger partial charge in [0, 0.05) is 6.42 Å². The fraction of sp³-hybridized carbons (Fsp3) is 0.778. The molecule has 1 saturated heterocycles. The summed E-state index contributed by atoms with van der Waals surface area (Å²) in [5.41, 5.74) is 5.36. The first-order valence-corrected chi connectivity index (χ1v) is 5.13. The van der Waals surface area contributed by atoms with Gasteiger partial charge in [0.25, 0.3) is 5.95 Å². The number of anilines is 1. The lowest BCUT2D eigenvalue weighted by Crippen LogP contribution is -2.29. The standard InChI is InChI=1S/C9H16N4O/c10-9-12-8(14-13-9)4-3-7-2-1-5-11-6-7/h7,11H,1-6H2,(H2,10,13). The highest BCUT2D eigenvalue weighted by Gasteiger charge is 2.14. The summed E-state index contributed by atoms with van der Waals surface area (Å²) in [7, 11) is 0. The van der Waals surface area contributed by atoms with Crippen LogP contribution < -0.4 is 11.1 Å². The number of nitrogens with two attached hydrogens (primary N) is 1. The molecule has 0 radical (unpaired) electrons. The summed E-state index contributed by atoms with van der Waals surface area (Å²) in [6.45, 7) is 2.27. The van der Waals surface area contributed by atoms with Crippen molar-refractivity contribution in [3.05, 3.63) is 5.89 Å². The van der Waals surface area contributed by atoms with Gasteiger partial charge in [0.05, 0.1) is 0 Å². The molecular weight excluding hydrogens is 180 g/mol. The van der Waals surface area contributed by atoms with Crippen LogP contribution in [-0.4, -0.2) is 23.2 Å². The number of nitrogen functional groups attached to an aromatic ring is 1. The second kappa shape index (κ2) is 4.41. The van der Waals surface area contributed by atoms with Crippen molar-refractivity contribution in [1.82, 2.24) is 15.5 Å². The average Bonchev–Trinajstić information content (AvgIpc) is 2.63. The summed E-state index contributed by atoms with van der Waals surface area (Å²) in [4.78, 5) is 3.97. The van der Waals surface area contributed by atoms with E-state index in [1.807, 2.05) is 0 Å². The molecule has 3 N–H and O–H groups in total. The van der Waals surface area contributed by atoms with Crippen LogP contribution in [0.15, 0.2) is 4.52 Å². The summed E-state index contributed by atoms with van der Waals surface area (Å²) >= 11 is 0. The molecule has 0 aromatic carbocycles. The molecule has 1 fully saturated rings. The molecule has 14 heavy (non-hydrogen) atoms. The van der Waals surface area contributed by atoms with Gasteiger partial charge in [-0.25, -0.2) is 0 Å². The van der Waals surface area contributed by atoms with Gasteiger partial charge in [0.2, 0.25) is 5.89 Å². The topological polar surface area (TPSA) is 77.0 Å². The number of nitrogens with one attached hydrogen (secondary N) is 1. The molecule has 1 aliphatic heterocycles. The molecule has 78 valence electrons. The lowest BCUT2D eigenvalue weighted by Gasteiger charge is -2.21. The van der Waals surface area contributed by atoms with Crippen LogP contribution in [0.1, 0.15) is 25.2 Å². The smallest absolute Gasteiger partial charge is 0.260 e. The Morgan fingerprint density at radius 1 is 1.57 bits per heavy atom. The summed E-state index contributed by atoms with van der Waals surface area (Å²) in [6, 6.07) is 0. The first-order chi connectivity index (χ1) is 6.84. The van der Waals surface area contributed by atoms with Gasteiger partial charge in [0.1, 0.15) is 0 Å². The van der Waals surface area contributed by atoms with Gasteiger partial charge in [-0.15, -0.1) is 0 Å². The van der Waals surface area contributed by atoms with Crippen molar-refractivity contribution in [1.29, 1.82) is 0 Å². The summed E-state index contributed by atoms with van der Waals surface area (Å²) in [5.74, 6) is 1.65. The Morgan fingerprint density at radius 3 is 3.14 bits per heavy atom. The zero-order chi connectivity index (χ0) is 9.80. The number of aryl methyl sites for hydroxylation is 1. The maximum absolute atomic E-state index is 5.36. The highest BCUT2D eigenvalue weighted by molar-refractivity contribution is 5.10. The van der Waals surface area contributed by atoms with Gasteiger partial charge in [-0.05, 0) is 43.4 Å². The predicted octanol–water partition coefficient (Wildman–Crippen LogP) is 0.584. The maximum atomic E-state index is 5.36. The van der Waals surface area contributed by atoms with Gasteiger partial charge in [0.15, 0.2) is 0 Å². The van der Waals surface area contributed by atoms with Crippen molar-refractivity contribution in [2.45, 2.75) is 25.7 Å². The van der Waals surface area contributed by atoms with Crippen LogP contribution in [0.3, 0.4) is 0 Å². The Labute approximate surface area is 83.1 Å².